The molecular weight excluding hydrogens is 162 g/mol. The van der Waals surface area contributed by atoms with Gasteiger partial charge in [-0.2, -0.15) is 0 Å². The van der Waals surface area contributed by atoms with E-state index >= 15 is 0 Å². The van der Waals surface area contributed by atoms with Crippen LogP contribution in [0.3, 0.4) is 0 Å². The summed E-state index contributed by atoms with van der Waals surface area (Å²) in [4.78, 5) is 0. The minimum absolute atomic E-state index is 0.0332. The Morgan fingerprint density at radius 1 is 1.15 bits per heavy atom. The lowest BCUT2D eigenvalue weighted by atomic mass is 9.63. The lowest BCUT2D eigenvalue weighted by molar-refractivity contribution is -0.0518. The molecular formula is C11H25NO. The van der Waals surface area contributed by atoms with Crippen LogP contribution < -0.4 is 5.73 Å². The second-order valence-electron chi connectivity index (χ2n) is 5.71. The smallest absolute Gasteiger partial charge is 0.108 e. The van der Waals surface area contributed by atoms with Crippen molar-refractivity contribution in [3.63, 3.8) is 0 Å². The van der Waals surface area contributed by atoms with Gasteiger partial charge in [-0.3, -0.25) is 0 Å². The second-order valence-corrected chi connectivity index (χ2v) is 5.71. The quantitative estimate of drug-likeness (QED) is 0.666. The average Bonchev–Trinajstić information content (AvgIpc) is 1.82. The van der Waals surface area contributed by atoms with Crippen molar-refractivity contribution in [1.29, 1.82) is 0 Å². The molecule has 0 saturated carbocycles. The normalized spacial score (nSPS) is 20.1. The second kappa shape index (κ2) is 3.97. The van der Waals surface area contributed by atoms with E-state index in [1.165, 1.54) is 0 Å². The molecule has 0 aliphatic rings. The van der Waals surface area contributed by atoms with Gasteiger partial charge in [0.15, 0.2) is 0 Å². The molecule has 0 radical (unpaired) electrons. The van der Waals surface area contributed by atoms with E-state index in [0.29, 0.717) is 5.92 Å². The van der Waals surface area contributed by atoms with Crippen molar-refractivity contribution in [3.8, 4) is 0 Å². The minimum Gasteiger partial charge on any atom is -0.378 e. The predicted molar refractivity (Wildman–Crippen MR) is 57.2 cm³/mol. The number of nitrogens with two attached hydrogens (primary N) is 1. The highest BCUT2D eigenvalue weighted by Gasteiger charge is 2.42. The highest BCUT2D eigenvalue weighted by molar-refractivity contribution is 4.90. The Morgan fingerprint density at radius 3 is 1.62 bits per heavy atom. The molecule has 0 amide bonds. The third-order valence-electron chi connectivity index (χ3n) is 3.20. The van der Waals surface area contributed by atoms with Gasteiger partial charge in [0.2, 0.25) is 0 Å². The van der Waals surface area contributed by atoms with Gasteiger partial charge in [0.25, 0.3) is 0 Å². The molecule has 13 heavy (non-hydrogen) atoms. The molecule has 0 rings (SSSR count). The summed E-state index contributed by atoms with van der Waals surface area (Å²) in [5.74, 6) is 0.558. The maximum absolute atomic E-state index is 9.63. The Morgan fingerprint density at radius 2 is 1.54 bits per heavy atom. The van der Waals surface area contributed by atoms with Crippen molar-refractivity contribution >= 4 is 0 Å². The fourth-order valence-corrected chi connectivity index (χ4v) is 1.72. The van der Waals surface area contributed by atoms with Crippen LogP contribution in [0, 0.1) is 16.7 Å². The first-order chi connectivity index (χ1) is 5.61. The Labute approximate surface area is 82.5 Å². The third kappa shape index (κ3) is 2.96. The lowest BCUT2D eigenvalue weighted by Crippen LogP contribution is -2.48. The number of hydrogen-bond acceptors (Lipinski definition) is 2. The Balaban J connectivity index is 4.74. The molecule has 2 heteroatoms. The predicted octanol–water partition coefficient (Wildman–Crippen LogP) is 2.36. The van der Waals surface area contributed by atoms with Gasteiger partial charge >= 0.3 is 0 Å². The maximum Gasteiger partial charge on any atom is 0.108 e. The third-order valence-corrected chi connectivity index (χ3v) is 3.20. The van der Waals surface area contributed by atoms with E-state index in [4.69, 9.17) is 5.73 Å². The summed E-state index contributed by atoms with van der Waals surface area (Å²) in [5, 5.41) is 9.63. The first-order valence-electron chi connectivity index (χ1n) is 5.05. The summed E-state index contributed by atoms with van der Waals surface area (Å²) in [5.41, 5.74) is 5.49. The largest absolute Gasteiger partial charge is 0.378 e. The minimum atomic E-state index is -0.741. The van der Waals surface area contributed by atoms with Crippen molar-refractivity contribution in [2.24, 2.45) is 22.5 Å². The summed E-state index contributed by atoms with van der Waals surface area (Å²) in [7, 11) is 0. The van der Waals surface area contributed by atoms with Crippen LogP contribution in [0.2, 0.25) is 0 Å². The number of aliphatic hydroxyl groups is 1. The van der Waals surface area contributed by atoms with Crippen LogP contribution in [0.1, 0.15) is 48.0 Å². The summed E-state index contributed by atoms with van der Waals surface area (Å²) in [6, 6.07) is 0. The molecule has 0 aromatic rings. The topological polar surface area (TPSA) is 46.2 Å². The molecule has 2 atom stereocenters. The summed E-state index contributed by atoms with van der Waals surface area (Å²) >= 11 is 0. The van der Waals surface area contributed by atoms with Crippen molar-refractivity contribution in [1.82, 2.24) is 0 Å². The number of aliphatic hydroxyl groups excluding tert-OH is 1. The van der Waals surface area contributed by atoms with Crippen molar-refractivity contribution in [2.45, 2.75) is 54.2 Å². The van der Waals surface area contributed by atoms with E-state index in [-0.39, 0.29) is 10.8 Å². The van der Waals surface area contributed by atoms with Crippen LogP contribution in [-0.2, 0) is 0 Å². The van der Waals surface area contributed by atoms with Crippen LogP contribution in [-0.4, -0.2) is 11.3 Å². The van der Waals surface area contributed by atoms with Gasteiger partial charge in [0.05, 0.1) is 0 Å². The van der Waals surface area contributed by atoms with Crippen LogP contribution in [0.4, 0.5) is 0 Å². The fraction of sp³-hybridized carbons (Fsp3) is 1.00. The van der Waals surface area contributed by atoms with E-state index in [0.717, 1.165) is 6.42 Å². The summed E-state index contributed by atoms with van der Waals surface area (Å²) in [6.45, 7) is 12.8. The highest BCUT2D eigenvalue weighted by atomic mass is 16.3. The lowest BCUT2D eigenvalue weighted by Gasteiger charge is -2.45. The molecule has 2 unspecified atom stereocenters. The SMILES string of the molecule is CC(C)CC(C)(C(N)O)C(C)(C)C. The molecule has 0 bridgehead atoms. The van der Waals surface area contributed by atoms with Gasteiger partial charge in [-0.05, 0) is 17.8 Å². The average molecular weight is 187 g/mol. The van der Waals surface area contributed by atoms with Gasteiger partial charge in [-0.1, -0.05) is 41.5 Å². The van der Waals surface area contributed by atoms with Gasteiger partial charge in [-0.25, -0.2) is 0 Å². The molecule has 80 valence electrons. The van der Waals surface area contributed by atoms with E-state index in [2.05, 4.69) is 41.5 Å². The van der Waals surface area contributed by atoms with Crippen LogP contribution in [0.25, 0.3) is 0 Å². The number of hydrogen-bond donors (Lipinski definition) is 2. The summed E-state index contributed by atoms with van der Waals surface area (Å²) < 4.78 is 0. The molecule has 3 N–H and O–H groups in total. The molecule has 0 aliphatic carbocycles. The van der Waals surface area contributed by atoms with Crippen LogP contribution in [0.5, 0.6) is 0 Å². The fourth-order valence-electron chi connectivity index (χ4n) is 1.72. The molecule has 0 spiro atoms. The standard InChI is InChI=1S/C11H25NO/c1-8(2)7-11(6,9(12)13)10(3,4)5/h8-9,13H,7,12H2,1-6H3. The molecule has 0 saturated heterocycles. The van der Waals surface area contributed by atoms with Gasteiger partial charge in [0.1, 0.15) is 6.23 Å². The zero-order valence-corrected chi connectivity index (χ0v) is 9.89. The Kier molecular flexibility index (Phi) is 3.95. The first kappa shape index (κ1) is 12.9. The number of rotatable bonds is 3. The maximum atomic E-state index is 9.63. The van der Waals surface area contributed by atoms with Crippen molar-refractivity contribution in [3.05, 3.63) is 0 Å². The Bertz CT molecular complexity index is 158. The zero-order chi connectivity index (χ0) is 10.9. The van der Waals surface area contributed by atoms with Gasteiger partial charge < -0.3 is 10.8 Å². The van der Waals surface area contributed by atoms with E-state index in [9.17, 15) is 5.11 Å². The molecule has 0 fully saturated rings. The highest BCUT2D eigenvalue weighted by Crippen LogP contribution is 2.44. The summed E-state index contributed by atoms with van der Waals surface area (Å²) in [6.07, 6.45) is 0.212. The monoisotopic (exact) mass is 187 g/mol. The van der Waals surface area contributed by atoms with Crippen LogP contribution >= 0.6 is 0 Å². The molecule has 0 aromatic heterocycles. The first-order valence-corrected chi connectivity index (χ1v) is 5.05. The van der Waals surface area contributed by atoms with Crippen molar-refractivity contribution in [2.75, 3.05) is 0 Å². The molecule has 2 nitrogen and oxygen atoms in total. The van der Waals surface area contributed by atoms with E-state index < -0.39 is 6.23 Å². The van der Waals surface area contributed by atoms with Crippen molar-refractivity contribution < 1.29 is 5.11 Å². The van der Waals surface area contributed by atoms with Gasteiger partial charge in [0, 0.05) is 5.41 Å². The zero-order valence-electron chi connectivity index (χ0n) is 9.89. The van der Waals surface area contributed by atoms with Gasteiger partial charge in [-0.15, -0.1) is 0 Å². The molecule has 0 heterocycles. The van der Waals surface area contributed by atoms with E-state index in [1.54, 1.807) is 0 Å². The molecule has 0 aromatic carbocycles. The Hall–Kier alpha value is -0.0800. The van der Waals surface area contributed by atoms with Crippen LogP contribution in [0.15, 0.2) is 0 Å². The van der Waals surface area contributed by atoms with E-state index in [1.807, 2.05) is 0 Å². The molecule has 0 aliphatic heterocycles.